The van der Waals surface area contributed by atoms with E-state index in [1.165, 1.54) is 0 Å². The number of nitriles is 1. The average molecular weight is 366 g/mol. The molecule has 0 saturated carbocycles. The summed E-state index contributed by atoms with van der Waals surface area (Å²) in [5.74, 6) is 0.339. The summed E-state index contributed by atoms with van der Waals surface area (Å²) in [5, 5.41) is 9.98. The molecule has 0 radical (unpaired) electrons. The van der Waals surface area contributed by atoms with Gasteiger partial charge in [-0.3, -0.25) is 0 Å². The standard InChI is InChI=1S/C23H18N4O/c1-2-28-23-19(15-24)20(17-9-5-3-6-10-17)22(27-14-13-25-16-27)21(26-23)18-11-7-4-8-12-18/h3-14,16H,2H2,1H3. The molecule has 0 aliphatic heterocycles. The van der Waals surface area contributed by atoms with Gasteiger partial charge in [0, 0.05) is 23.5 Å². The van der Waals surface area contributed by atoms with E-state index in [0.717, 1.165) is 28.1 Å². The lowest BCUT2D eigenvalue weighted by atomic mass is 9.95. The summed E-state index contributed by atoms with van der Waals surface area (Å²) in [4.78, 5) is 8.96. The molecule has 0 spiro atoms. The van der Waals surface area contributed by atoms with Gasteiger partial charge in [-0.25, -0.2) is 9.97 Å². The lowest BCUT2D eigenvalue weighted by Crippen LogP contribution is -2.07. The number of nitrogens with zero attached hydrogens (tertiary/aromatic N) is 4. The summed E-state index contributed by atoms with van der Waals surface area (Å²) >= 11 is 0. The number of aromatic nitrogens is 3. The van der Waals surface area contributed by atoms with Crippen molar-refractivity contribution in [2.75, 3.05) is 6.61 Å². The maximum absolute atomic E-state index is 9.98. The SMILES string of the molecule is CCOc1nc(-c2ccccc2)c(-n2ccnc2)c(-c2ccccc2)c1C#N. The van der Waals surface area contributed by atoms with Gasteiger partial charge in [0.1, 0.15) is 11.6 Å². The third kappa shape index (κ3) is 3.12. The van der Waals surface area contributed by atoms with Crippen LogP contribution in [0.15, 0.2) is 79.4 Å². The number of hydrogen-bond acceptors (Lipinski definition) is 4. The summed E-state index contributed by atoms with van der Waals surface area (Å²) in [6, 6.07) is 22.0. The molecule has 4 aromatic rings. The predicted molar refractivity (Wildman–Crippen MR) is 108 cm³/mol. The van der Waals surface area contributed by atoms with Crippen molar-refractivity contribution in [2.24, 2.45) is 0 Å². The number of imidazole rings is 1. The summed E-state index contributed by atoms with van der Waals surface area (Å²) < 4.78 is 7.66. The van der Waals surface area contributed by atoms with E-state index in [0.29, 0.717) is 18.1 Å². The highest BCUT2D eigenvalue weighted by atomic mass is 16.5. The van der Waals surface area contributed by atoms with E-state index in [1.807, 2.05) is 78.4 Å². The van der Waals surface area contributed by atoms with Crippen LogP contribution in [0.3, 0.4) is 0 Å². The summed E-state index contributed by atoms with van der Waals surface area (Å²) in [5.41, 5.74) is 4.58. The summed E-state index contributed by atoms with van der Waals surface area (Å²) in [7, 11) is 0. The number of pyridine rings is 1. The van der Waals surface area contributed by atoms with Crippen LogP contribution in [-0.2, 0) is 0 Å². The molecule has 0 fully saturated rings. The molecule has 0 aliphatic rings. The quantitative estimate of drug-likeness (QED) is 0.505. The van der Waals surface area contributed by atoms with Crippen LogP contribution < -0.4 is 4.74 Å². The van der Waals surface area contributed by atoms with Crippen molar-refractivity contribution in [1.29, 1.82) is 5.26 Å². The van der Waals surface area contributed by atoms with Gasteiger partial charge >= 0.3 is 0 Å². The molecule has 0 saturated heterocycles. The Morgan fingerprint density at radius 1 is 1.00 bits per heavy atom. The van der Waals surface area contributed by atoms with Crippen LogP contribution >= 0.6 is 0 Å². The van der Waals surface area contributed by atoms with Crippen molar-refractivity contribution in [3.05, 3.63) is 84.9 Å². The molecule has 5 nitrogen and oxygen atoms in total. The van der Waals surface area contributed by atoms with Gasteiger partial charge in [0.15, 0.2) is 0 Å². The van der Waals surface area contributed by atoms with Crippen LogP contribution in [0.5, 0.6) is 5.88 Å². The van der Waals surface area contributed by atoms with Crippen molar-refractivity contribution in [3.63, 3.8) is 0 Å². The fourth-order valence-electron chi connectivity index (χ4n) is 3.22. The van der Waals surface area contributed by atoms with Gasteiger partial charge in [0.25, 0.3) is 0 Å². The van der Waals surface area contributed by atoms with Crippen molar-refractivity contribution >= 4 is 0 Å². The molecule has 0 bridgehead atoms. The first-order valence-corrected chi connectivity index (χ1v) is 9.03. The normalized spacial score (nSPS) is 10.4. The summed E-state index contributed by atoms with van der Waals surface area (Å²) in [6.07, 6.45) is 5.29. The monoisotopic (exact) mass is 366 g/mol. The molecule has 0 N–H and O–H groups in total. The zero-order valence-electron chi connectivity index (χ0n) is 15.4. The van der Waals surface area contributed by atoms with Gasteiger partial charge in [0.05, 0.1) is 24.3 Å². The van der Waals surface area contributed by atoms with E-state index in [9.17, 15) is 5.26 Å². The van der Waals surface area contributed by atoms with Crippen molar-refractivity contribution in [3.8, 4) is 40.0 Å². The highest BCUT2D eigenvalue weighted by molar-refractivity contribution is 5.88. The highest BCUT2D eigenvalue weighted by Crippen LogP contribution is 2.40. The largest absolute Gasteiger partial charge is 0.477 e. The second-order valence-corrected chi connectivity index (χ2v) is 6.11. The van der Waals surface area contributed by atoms with Crippen molar-refractivity contribution < 1.29 is 4.74 Å². The Balaban J connectivity index is 2.15. The minimum atomic E-state index is 0.339. The van der Waals surface area contributed by atoms with Gasteiger partial charge in [0.2, 0.25) is 5.88 Å². The number of ether oxygens (including phenoxy) is 1. The molecule has 5 heteroatoms. The Kier molecular flexibility index (Phi) is 4.85. The van der Waals surface area contributed by atoms with Gasteiger partial charge in [-0.05, 0) is 12.5 Å². The molecule has 0 atom stereocenters. The first-order valence-electron chi connectivity index (χ1n) is 9.03. The van der Waals surface area contributed by atoms with Gasteiger partial charge in [-0.15, -0.1) is 0 Å². The van der Waals surface area contributed by atoms with Crippen molar-refractivity contribution in [1.82, 2.24) is 14.5 Å². The predicted octanol–water partition coefficient (Wildman–Crippen LogP) is 4.87. The van der Waals surface area contributed by atoms with Crippen LogP contribution in [0.2, 0.25) is 0 Å². The highest BCUT2D eigenvalue weighted by Gasteiger charge is 2.24. The Labute approximate surface area is 163 Å². The molecular formula is C23H18N4O. The molecule has 136 valence electrons. The van der Waals surface area contributed by atoms with Crippen molar-refractivity contribution in [2.45, 2.75) is 6.92 Å². The minimum Gasteiger partial charge on any atom is -0.477 e. The Bertz CT molecular complexity index is 1110. The number of rotatable bonds is 5. The smallest absolute Gasteiger partial charge is 0.233 e. The zero-order valence-corrected chi connectivity index (χ0v) is 15.4. The molecule has 2 heterocycles. The van der Waals surface area contributed by atoms with Gasteiger partial charge < -0.3 is 9.30 Å². The van der Waals surface area contributed by atoms with E-state index >= 15 is 0 Å². The Hall–Kier alpha value is -3.91. The summed E-state index contributed by atoms with van der Waals surface area (Å²) in [6.45, 7) is 2.31. The molecule has 2 aromatic heterocycles. The molecule has 2 aromatic carbocycles. The molecule has 4 rings (SSSR count). The third-order valence-corrected chi connectivity index (χ3v) is 4.40. The maximum Gasteiger partial charge on any atom is 0.233 e. The lowest BCUT2D eigenvalue weighted by molar-refractivity contribution is 0.326. The number of hydrogen-bond donors (Lipinski definition) is 0. The van der Waals surface area contributed by atoms with Crippen LogP contribution in [0.25, 0.3) is 28.1 Å². The second-order valence-electron chi connectivity index (χ2n) is 6.11. The van der Waals surface area contributed by atoms with E-state index in [2.05, 4.69) is 11.1 Å². The lowest BCUT2D eigenvalue weighted by Gasteiger charge is -2.19. The fourth-order valence-corrected chi connectivity index (χ4v) is 3.22. The molecule has 28 heavy (non-hydrogen) atoms. The van der Waals surface area contributed by atoms with E-state index < -0.39 is 0 Å². The zero-order chi connectivity index (χ0) is 19.3. The molecule has 0 aliphatic carbocycles. The second kappa shape index (κ2) is 7.77. The molecule has 0 unspecified atom stereocenters. The van der Waals surface area contributed by atoms with E-state index in [1.54, 1.807) is 12.5 Å². The first-order chi connectivity index (χ1) is 13.8. The molecular weight excluding hydrogens is 348 g/mol. The first kappa shape index (κ1) is 17.5. The fraction of sp³-hybridized carbons (Fsp3) is 0.0870. The minimum absolute atomic E-state index is 0.339. The van der Waals surface area contributed by atoms with Gasteiger partial charge in [-0.2, -0.15) is 5.26 Å². The Morgan fingerprint density at radius 2 is 1.68 bits per heavy atom. The molecule has 0 amide bonds. The van der Waals surface area contributed by atoms with Gasteiger partial charge in [-0.1, -0.05) is 60.7 Å². The van der Waals surface area contributed by atoms with E-state index in [-0.39, 0.29) is 0 Å². The van der Waals surface area contributed by atoms with Crippen LogP contribution in [0.4, 0.5) is 0 Å². The Morgan fingerprint density at radius 3 is 2.25 bits per heavy atom. The van der Waals surface area contributed by atoms with E-state index in [4.69, 9.17) is 9.72 Å². The van der Waals surface area contributed by atoms with Crippen LogP contribution in [0.1, 0.15) is 12.5 Å². The average Bonchev–Trinajstić information content (AvgIpc) is 3.29. The number of benzene rings is 2. The van der Waals surface area contributed by atoms with Crippen LogP contribution in [-0.4, -0.2) is 21.1 Å². The topological polar surface area (TPSA) is 63.7 Å². The maximum atomic E-state index is 9.98. The third-order valence-electron chi connectivity index (χ3n) is 4.40. The van der Waals surface area contributed by atoms with Crippen LogP contribution in [0, 0.1) is 11.3 Å².